The molecule has 2 N–H and O–H groups in total. The van der Waals surface area contributed by atoms with Crippen LogP contribution in [-0.2, 0) is 11.2 Å². The average Bonchev–Trinajstić information content (AvgIpc) is 2.98. The highest BCUT2D eigenvalue weighted by Gasteiger charge is 2.31. The Morgan fingerprint density at radius 3 is 3.00 bits per heavy atom. The van der Waals surface area contributed by atoms with Crippen molar-refractivity contribution in [2.24, 2.45) is 5.73 Å². The van der Waals surface area contributed by atoms with Gasteiger partial charge in [-0.1, -0.05) is 28.9 Å². The molecule has 1 aromatic carbocycles. The molecule has 1 aliphatic heterocycles. The zero-order valence-corrected chi connectivity index (χ0v) is 11.0. The highest BCUT2D eigenvalue weighted by molar-refractivity contribution is 6.30. The van der Waals surface area contributed by atoms with Crippen molar-refractivity contribution in [1.82, 2.24) is 10.1 Å². The van der Waals surface area contributed by atoms with E-state index in [-0.39, 0.29) is 12.0 Å². The number of rotatable bonds is 3. The lowest BCUT2D eigenvalue weighted by Crippen LogP contribution is -2.27. The average molecular weight is 280 g/mol. The third-order valence-corrected chi connectivity index (χ3v) is 3.41. The van der Waals surface area contributed by atoms with Crippen LogP contribution in [0.1, 0.15) is 23.2 Å². The highest BCUT2D eigenvalue weighted by Crippen LogP contribution is 2.23. The molecule has 2 atom stereocenters. The molecule has 0 saturated carbocycles. The summed E-state index contributed by atoms with van der Waals surface area (Å²) >= 11 is 5.94. The standard InChI is InChI=1S/C13H14ClN3O2/c14-9-3-1-2-8(4-9)5-12-16-13(19-17-12)10-6-18-7-11(10)15/h1-4,10-11H,5-7,15H2. The first kappa shape index (κ1) is 12.6. The summed E-state index contributed by atoms with van der Waals surface area (Å²) < 4.78 is 10.6. The van der Waals surface area contributed by atoms with Crippen molar-refractivity contribution in [1.29, 1.82) is 0 Å². The summed E-state index contributed by atoms with van der Waals surface area (Å²) in [4.78, 5) is 4.39. The Labute approximate surface area is 115 Å². The lowest BCUT2D eigenvalue weighted by molar-refractivity contribution is 0.187. The molecule has 100 valence electrons. The summed E-state index contributed by atoms with van der Waals surface area (Å²) in [5.41, 5.74) is 6.97. The minimum absolute atomic E-state index is 0.000566. The van der Waals surface area contributed by atoms with Gasteiger partial charge in [0.25, 0.3) is 0 Å². The van der Waals surface area contributed by atoms with Crippen LogP contribution in [0.2, 0.25) is 5.02 Å². The number of nitrogens with zero attached hydrogens (tertiary/aromatic N) is 2. The maximum absolute atomic E-state index is 5.94. The molecule has 2 aromatic rings. The molecule has 0 spiro atoms. The van der Waals surface area contributed by atoms with Crippen molar-refractivity contribution in [2.75, 3.05) is 13.2 Å². The minimum Gasteiger partial charge on any atom is -0.379 e. The Morgan fingerprint density at radius 2 is 2.26 bits per heavy atom. The molecule has 0 bridgehead atoms. The lowest BCUT2D eigenvalue weighted by atomic mass is 10.1. The smallest absolute Gasteiger partial charge is 0.233 e. The summed E-state index contributed by atoms with van der Waals surface area (Å²) in [6.45, 7) is 1.08. The van der Waals surface area contributed by atoms with Crippen LogP contribution in [0, 0.1) is 0 Å². The number of halogens is 1. The zero-order valence-electron chi connectivity index (χ0n) is 10.3. The van der Waals surface area contributed by atoms with Crippen LogP contribution in [0.5, 0.6) is 0 Å². The van der Waals surface area contributed by atoms with Gasteiger partial charge in [0, 0.05) is 17.5 Å². The van der Waals surface area contributed by atoms with Gasteiger partial charge in [-0.2, -0.15) is 4.98 Å². The second kappa shape index (κ2) is 5.28. The van der Waals surface area contributed by atoms with Gasteiger partial charge >= 0.3 is 0 Å². The number of nitrogens with two attached hydrogens (primary N) is 1. The molecule has 2 unspecified atom stereocenters. The quantitative estimate of drug-likeness (QED) is 0.926. The Hall–Kier alpha value is -1.43. The van der Waals surface area contributed by atoms with Crippen molar-refractivity contribution >= 4 is 11.6 Å². The first-order chi connectivity index (χ1) is 9.22. The molecule has 0 radical (unpaired) electrons. The molecule has 1 saturated heterocycles. The van der Waals surface area contributed by atoms with E-state index < -0.39 is 0 Å². The molecule has 3 rings (SSSR count). The van der Waals surface area contributed by atoms with Gasteiger partial charge in [0.1, 0.15) is 0 Å². The molecule has 0 aliphatic carbocycles. The molecular formula is C13H14ClN3O2. The van der Waals surface area contributed by atoms with E-state index in [0.29, 0.717) is 36.4 Å². The summed E-state index contributed by atoms with van der Waals surface area (Å²) in [6, 6.07) is 7.54. The van der Waals surface area contributed by atoms with Crippen LogP contribution in [0.25, 0.3) is 0 Å². The van der Waals surface area contributed by atoms with E-state index in [9.17, 15) is 0 Å². The van der Waals surface area contributed by atoms with Gasteiger partial charge in [0.15, 0.2) is 5.82 Å². The number of aromatic nitrogens is 2. The fourth-order valence-corrected chi connectivity index (χ4v) is 2.36. The van der Waals surface area contributed by atoms with Gasteiger partial charge in [-0.15, -0.1) is 0 Å². The number of hydrogen-bond donors (Lipinski definition) is 1. The predicted octanol–water partition coefficient (Wildman–Crippen LogP) is 1.75. The molecule has 19 heavy (non-hydrogen) atoms. The van der Waals surface area contributed by atoms with Gasteiger partial charge in [-0.25, -0.2) is 0 Å². The van der Waals surface area contributed by atoms with Crippen LogP contribution in [0.3, 0.4) is 0 Å². The van der Waals surface area contributed by atoms with Gasteiger partial charge in [0.2, 0.25) is 5.89 Å². The summed E-state index contributed by atoms with van der Waals surface area (Å²) in [6.07, 6.45) is 0.590. The Balaban J connectivity index is 1.74. The lowest BCUT2D eigenvalue weighted by Gasteiger charge is -2.06. The monoisotopic (exact) mass is 279 g/mol. The fourth-order valence-electron chi connectivity index (χ4n) is 2.14. The fraction of sp³-hybridized carbons (Fsp3) is 0.385. The Bertz CT molecular complexity index is 573. The van der Waals surface area contributed by atoms with Crippen LogP contribution < -0.4 is 5.73 Å². The summed E-state index contributed by atoms with van der Waals surface area (Å²) in [5, 5.41) is 4.68. The van der Waals surface area contributed by atoms with E-state index in [1.54, 1.807) is 0 Å². The second-order valence-electron chi connectivity index (χ2n) is 4.66. The van der Waals surface area contributed by atoms with Crippen LogP contribution >= 0.6 is 11.6 Å². The Kier molecular flexibility index (Phi) is 3.50. The normalized spacial score (nSPS) is 22.8. The topological polar surface area (TPSA) is 74.2 Å². The molecular weight excluding hydrogens is 266 g/mol. The second-order valence-corrected chi connectivity index (χ2v) is 5.10. The molecule has 5 nitrogen and oxygen atoms in total. The third kappa shape index (κ3) is 2.78. The molecule has 1 aliphatic rings. The maximum atomic E-state index is 5.94. The van der Waals surface area contributed by atoms with Crippen molar-refractivity contribution in [2.45, 2.75) is 18.4 Å². The largest absolute Gasteiger partial charge is 0.379 e. The van der Waals surface area contributed by atoms with Crippen molar-refractivity contribution in [3.05, 3.63) is 46.6 Å². The number of ether oxygens (including phenoxy) is 1. The van der Waals surface area contributed by atoms with E-state index in [1.807, 2.05) is 24.3 Å². The maximum Gasteiger partial charge on any atom is 0.233 e. The Morgan fingerprint density at radius 1 is 1.37 bits per heavy atom. The van der Waals surface area contributed by atoms with Crippen molar-refractivity contribution < 1.29 is 9.26 Å². The third-order valence-electron chi connectivity index (χ3n) is 3.18. The summed E-state index contributed by atoms with van der Waals surface area (Å²) in [7, 11) is 0. The van der Waals surface area contributed by atoms with Gasteiger partial charge in [-0.3, -0.25) is 0 Å². The van der Waals surface area contributed by atoms with Gasteiger partial charge < -0.3 is 15.0 Å². The van der Waals surface area contributed by atoms with Crippen molar-refractivity contribution in [3.63, 3.8) is 0 Å². The first-order valence-electron chi connectivity index (χ1n) is 6.12. The van der Waals surface area contributed by atoms with E-state index in [0.717, 1.165) is 5.56 Å². The van der Waals surface area contributed by atoms with Crippen LogP contribution in [-0.4, -0.2) is 29.4 Å². The number of hydrogen-bond acceptors (Lipinski definition) is 5. The predicted molar refractivity (Wildman–Crippen MR) is 70.1 cm³/mol. The SMILES string of the molecule is NC1COCC1c1nc(Cc2cccc(Cl)c2)no1. The van der Waals surface area contributed by atoms with Crippen molar-refractivity contribution in [3.8, 4) is 0 Å². The molecule has 0 amide bonds. The van der Waals surface area contributed by atoms with E-state index in [4.69, 9.17) is 26.6 Å². The van der Waals surface area contributed by atoms with Gasteiger partial charge in [0.05, 0.1) is 19.1 Å². The van der Waals surface area contributed by atoms with E-state index in [1.165, 1.54) is 0 Å². The molecule has 1 aromatic heterocycles. The van der Waals surface area contributed by atoms with Gasteiger partial charge in [-0.05, 0) is 17.7 Å². The molecule has 1 fully saturated rings. The van der Waals surface area contributed by atoms with E-state index >= 15 is 0 Å². The zero-order chi connectivity index (χ0) is 13.2. The minimum atomic E-state index is -0.0699. The van der Waals surface area contributed by atoms with Crippen LogP contribution in [0.4, 0.5) is 0 Å². The number of benzene rings is 1. The van der Waals surface area contributed by atoms with Crippen LogP contribution in [0.15, 0.2) is 28.8 Å². The summed E-state index contributed by atoms with van der Waals surface area (Å²) in [5.74, 6) is 1.19. The molecule has 6 heteroatoms. The first-order valence-corrected chi connectivity index (χ1v) is 6.50. The molecule has 2 heterocycles. The highest BCUT2D eigenvalue weighted by atomic mass is 35.5. The van der Waals surface area contributed by atoms with E-state index in [2.05, 4.69) is 10.1 Å².